The number of aromatic nitrogens is 2. The third-order valence-corrected chi connectivity index (χ3v) is 3.01. The Labute approximate surface area is 122 Å². The van der Waals surface area contributed by atoms with E-state index >= 15 is 0 Å². The average molecular weight is 289 g/mol. The third-order valence-electron chi connectivity index (χ3n) is 3.01. The summed E-state index contributed by atoms with van der Waals surface area (Å²) in [6.45, 7) is 4.66. The summed E-state index contributed by atoms with van der Waals surface area (Å²) in [4.78, 5) is 23.2. The lowest BCUT2D eigenvalue weighted by Crippen LogP contribution is -2.30. The lowest BCUT2D eigenvalue weighted by Gasteiger charge is -2.08. The van der Waals surface area contributed by atoms with Crippen molar-refractivity contribution in [1.29, 1.82) is 0 Å². The van der Waals surface area contributed by atoms with Gasteiger partial charge in [-0.2, -0.15) is 5.10 Å². The Morgan fingerprint density at radius 2 is 2.19 bits per heavy atom. The van der Waals surface area contributed by atoms with Crippen LogP contribution in [0, 0.1) is 5.92 Å². The summed E-state index contributed by atoms with van der Waals surface area (Å²) in [5, 5.41) is 7.08. The van der Waals surface area contributed by atoms with Crippen molar-refractivity contribution in [3.05, 3.63) is 40.9 Å². The number of carbonyl (C=O) groups is 1. The molecule has 112 valence electrons. The molecule has 0 atom stereocenters. The van der Waals surface area contributed by atoms with Gasteiger partial charge in [0.1, 0.15) is 5.69 Å². The highest BCUT2D eigenvalue weighted by Gasteiger charge is 2.07. The van der Waals surface area contributed by atoms with E-state index in [1.165, 1.54) is 10.7 Å². The van der Waals surface area contributed by atoms with E-state index in [9.17, 15) is 9.59 Å². The van der Waals surface area contributed by atoms with Crippen LogP contribution in [0.2, 0.25) is 0 Å². The molecule has 1 amide bonds. The van der Waals surface area contributed by atoms with Crippen molar-refractivity contribution in [2.24, 2.45) is 5.92 Å². The number of furan rings is 1. The fourth-order valence-electron chi connectivity index (χ4n) is 1.81. The fraction of sp³-hybridized carbons (Fsp3) is 0.400. The molecule has 0 aliphatic carbocycles. The van der Waals surface area contributed by atoms with Crippen LogP contribution >= 0.6 is 0 Å². The first-order chi connectivity index (χ1) is 10.1. The maximum absolute atomic E-state index is 11.8. The Hall–Kier alpha value is -2.37. The van der Waals surface area contributed by atoms with Crippen LogP contribution < -0.4 is 10.9 Å². The van der Waals surface area contributed by atoms with Gasteiger partial charge in [0.15, 0.2) is 5.76 Å². The van der Waals surface area contributed by atoms with E-state index in [1.54, 1.807) is 24.5 Å². The van der Waals surface area contributed by atoms with E-state index in [-0.39, 0.29) is 17.4 Å². The van der Waals surface area contributed by atoms with E-state index in [0.29, 0.717) is 31.0 Å². The summed E-state index contributed by atoms with van der Waals surface area (Å²) in [5.41, 5.74) is 0.450. The van der Waals surface area contributed by atoms with Crippen LogP contribution in [0.1, 0.15) is 20.3 Å². The molecule has 0 aliphatic rings. The molecule has 6 heteroatoms. The summed E-state index contributed by atoms with van der Waals surface area (Å²) in [7, 11) is 0. The maximum Gasteiger partial charge on any atom is 0.266 e. The summed E-state index contributed by atoms with van der Waals surface area (Å²) in [5.74, 6) is 0.602. The van der Waals surface area contributed by atoms with Gasteiger partial charge in [-0.05, 0) is 24.6 Å². The monoisotopic (exact) mass is 289 g/mol. The van der Waals surface area contributed by atoms with Gasteiger partial charge in [-0.1, -0.05) is 13.8 Å². The number of carbonyl (C=O) groups excluding carboxylic acids is 1. The molecule has 0 aromatic carbocycles. The second kappa shape index (κ2) is 6.88. The molecule has 2 aromatic heterocycles. The Kier molecular flexibility index (Phi) is 4.92. The van der Waals surface area contributed by atoms with Gasteiger partial charge in [0.05, 0.1) is 6.26 Å². The smallest absolute Gasteiger partial charge is 0.266 e. The van der Waals surface area contributed by atoms with Crippen LogP contribution in [0.5, 0.6) is 0 Å². The predicted molar refractivity (Wildman–Crippen MR) is 78.7 cm³/mol. The molecule has 0 radical (unpaired) electrons. The van der Waals surface area contributed by atoms with Crippen molar-refractivity contribution < 1.29 is 9.21 Å². The minimum Gasteiger partial charge on any atom is -0.463 e. The zero-order chi connectivity index (χ0) is 15.2. The second-order valence-corrected chi connectivity index (χ2v) is 5.06. The van der Waals surface area contributed by atoms with Gasteiger partial charge >= 0.3 is 0 Å². The van der Waals surface area contributed by atoms with Crippen LogP contribution in [0.15, 0.2) is 39.7 Å². The maximum atomic E-state index is 11.8. The largest absolute Gasteiger partial charge is 0.463 e. The number of hydrogen-bond acceptors (Lipinski definition) is 4. The van der Waals surface area contributed by atoms with E-state index in [2.05, 4.69) is 10.4 Å². The molecule has 2 aromatic rings. The Balaban J connectivity index is 1.95. The van der Waals surface area contributed by atoms with Crippen molar-refractivity contribution in [2.45, 2.75) is 26.8 Å². The van der Waals surface area contributed by atoms with Crippen LogP contribution in [0.4, 0.5) is 0 Å². The molecule has 1 N–H and O–H groups in total. The number of aryl methyl sites for hydroxylation is 1. The minimum atomic E-state index is -0.166. The summed E-state index contributed by atoms with van der Waals surface area (Å²) in [6, 6.07) is 6.67. The highest BCUT2D eigenvalue weighted by molar-refractivity contribution is 5.77. The van der Waals surface area contributed by atoms with E-state index in [4.69, 9.17) is 4.42 Å². The quantitative estimate of drug-likeness (QED) is 0.821. The zero-order valence-electron chi connectivity index (χ0n) is 12.2. The Morgan fingerprint density at radius 3 is 2.86 bits per heavy atom. The predicted octanol–water partition coefficient (Wildman–Crippen LogP) is 1.67. The number of nitrogens with zero attached hydrogens (tertiary/aromatic N) is 2. The third kappa shape index (κ3) is 4.05. The molecule has 0 saturated heterocycles. The SMILES string of the molecule is CC(C)C(=O)NCCCn1nc(-c2ccco2)ccc1=O. The Bertz CT molecular complexity index is 644. The lowest BCUT2D eigenvalue weighted by molar-refractivity contribution is -0.123. The van der Waals surface area contributed by atoms with Gasteiger partial charge < -0.3 is 9.73 Å². The highest BCUT2D eigenvalue weighted by atomic mass is 16.3. The summed E-state index contributed by atoms with van der Waals surface area (Å²) in [6.07, 6.45) is 2.21. The normalized spacial score (nSPS) is 10.8. The first-order valence-corrected chi connectivity index (χ1v) is 6.97. The average Bonchev–Trinajstić information content (AvgIpc) is 2.99. The molecule has 0 saturated carbocycles. The number of nitrogens with one attached hydrogen (secondary N) is 1. The molecule has 0 bridgehead atoms. The van der Waals surface area contributed by atoms with E-state index < -0.39 is 0 Å². The lowest BCUT2D eigenvalue weighted by atomic mass is 10.2. The number of hydrogen-bond donors (Lipinski definition) is 1. The standard InChI is InChI=1S/C15H19N3O3/c1-11(2)15(20)16-8-4-9-18-14(19)7-6-12(17-18)13-5-3-10-21-13/h3,5-7,10-11H,4,8-9H2,1-2H3,(H,16,20). The first-order valence-electron chi connectivity index (χ1n) is 6.97. The molecule has 0 spiro atoms. The van der Waals surface area contributed by atoms with Crippen molar-refractivity contribution in [3.63, 3.8) is 0 Å². The fourth-order valence-corrected chi connectivity index (χ4v) is 1.81. The van der Waals surface area contributed by atoms with Crippen LogP contribution in [-0.2, 0) is 11.3 Å². The minimum absolute atomic E-state index is 0.0136. The van der Waals surface area contributed by atoms with Gasteiger partial charge in [0.25, 0.3) is 5.56 Å². The van der Waals surface area contributed by atoms with Crippen molar-refractivity contribution in [2.75, 3.05) is 6.54 Å². The summed E-state index contributed by atoms with van der Waals surface area (Å²) < 4.78 is 6.65. The van der Waals surface area contributed by atoms with E-state index in [0.717, 1.165) is 0 Å². The van der Waals surface area contributed by atoms with Crippen molar-refractivity contribution in [3.8, 4) is 11.5 Å². The number of amides is 1. The molecular weight excluding hydrogens is 270 g/mol. The molecular formula is C15H19N3O3. The van der Waals surface area contributed by atoms with Crippen LogP contribution in [0.3, 0.4) is 0 Å². The van der Waals surface area contributed by atoms with Gasteiger partial charge in [-0.15, -0.1) is 0 Å². The molecule has 0 unspecified atom stereocenters. The van der Waals surface area contributed by atoms with Gasteiger partial charge in [-0.3, -0.25) is 9.59 Å². The molecule has 0 aliphatic heterocycles. The molecule has 0 fully saturated rings. The molecule has 2 heterocycles. The molecule has 6 nitrogen and oxygen atoms in total. The van der Waals surface area contributed by atoms with Crippen LogP contribution in [-0.4, -0.2) is 22.2 Å². The van der Waals surface area contributed by atoms with Gasteiger partial charge in [0.2, 0.25) is 5.91 Å². The highest BCUT2D eigenvalue weighted by Crippen LogP contribution is 2.14. The zero-order valence-corrected chi connectivity index (χ0v) is 12.2. The van der Waals surface area contributed by atoms with Crippen LogP contribution in [0.25, 0.3) is 11.5 Å². The summed E-state index contributed by atoms with van der Waals surface area (Å²) >= 11 is 0. The molecule has 21 heavy (non-hydrogen) atoms. The second-order valence-electron chi connectivity index (χ2n) is 5.06. The first kappa shape index (κ1) is 15.0. The number of rotatable bonds is 6. The van der Waals surface area contributed by atoms with E-state index in [1.807, 2.05) is 13.8 Å². The molecule has 2 rings (SSSR count). The van der Waals surface area contributed by atoms with Crippen molar-refractivity contribution >= 4 is 5.91 Å². The Morgan fingerprint density at radius 1 is 1.38 bits per heavy atom. The van der Waals surface area contributed by atoms with Gasteiger partial charge in [0, 0.05) is 25.1 Å². The van der Waals surface area contributed by atoms with Gasteiger partial charge in [-0.25, -0.2) is 4.68 Å². The van der Waals surface area contributed by atoms with Crippen molar-refractivity contribution in [1.82, 2.24) is 15.1 Å². The topological polar surface area (TPSA) is 77.1 Å².